The lowest BCUT2D eigenvalue weighted by Crippen LogP contribution is -2.29. The monoisotopic (exact) mass is 431 g/mol. The van der Waals surface area contributed by atoms with Crippen LogP contribution in [0, 0.1) is 0 Å². The van der Waals surface area contributed by atoms with Gasteiger partial charge in [0.2, 0.25) is 5.91 Å². The maximum atomic E-state index is 13.2. The maximum absolute atomic E-state index is 13.2. The number of para-hydroxylation sites is 2. The van der Waals surface area contributed by atoms with Gasteiger partial charge in [-0.3, -0.25) is 4.79 Å². The van der Waals surface area contributed by atoms with Crippen LogP contribution in [0.15, 0.2) is 30.3 Å². The highest BCUT2D eigenvalue weighted by Crippen LogP contribution is 2.31. The van der Waals surface area contributed by atoms with Crippen LogP contribution in [-0.4, -0.2) is 43.4 Å². The molecule has 0 N–H and O–H groups in total. The van der Waals surface area contributed by atoms with E-state index in [1.807, 2.05) is 35.9 Å². The fourth-order valence-corrected chi connectivity index (χ4v) is 4.02. The smallest absolute Gasteiger partial charge is 0.342 e. The summed E-state index contributed by atoms with van der Waals surface area (Å²) < 4.78 is 41.5. The van der Waals surface area contributed by atoms with E-state index < -0.39 is 11.9 Å². The molecule has 1 fully saturated rings. The van der Waals surface area contributed by atoms with Gasteiger partial charge in [0.1, 0.15) is 17.3 Å². The Balaban J connectivity index is 1.42. The van der Waals surface area contributed by atoms with Gasteiger partial charge in [-0.1, -0.05) is 19.1 Å². The Kier molecular flexibility index (Phi) is 5.68. The van der Waals surface area contributed by atoms with Crippen molar-refractivity contribution >= 4 is 16.9 Å². The first-order chi connectivity index (χ1) is 14.8. The standard InChI is InChI=1S/C22H24F3N5O/c1-3-15-12-18(22(23,24)25)28-21(26-15)14-10-11-30(13-14)20(31)9-8-19-27-16-6-4-5-7-17(16)29(19)2/h4-7,12,14H,3,8-11,13H2,1-2H3. The predicted molar refractivity (Wildman–Crippen MR) is 109 cm³/mol. The second kappa shape index (κ2) is 8.28. The molecular weight excluding hydrogens is 407 g/mol. The Hall–Kier alpha value is -2.97. The van der Waals surface area contributed by atoms with E-state index in [1.165, 1.54) is 0 Å². The molecule has 1 aliphatic rings. The van der Waals surface area contributed by atoms with Gasteiger partial charge in [0, 0.05) is 44.6 Å². The highest BCUT2D eigenvalue weighted by Gasteiger charge is 2.36. The SMILES string of the molecule is CCc1cc(C(F)(F)F)nc(C2CCN(C(=O)CCc3nc4ccccc4n3C)C2)n1. The molecule has 4 rings (SSSR count). The van der Waals surface area contributed by atoms with Crippen molar-refractivity contribution in [2.24, 2.45) is 7.05 Å². The number of likely N-dealkylation sites (tertiary alicyclic amines) is 1. The van der Waals surface area contributed by atoms with Crippen molar-refractivity contribution in [3.63, 3.8) is 0 Å². The van der Waals surface area contributed by atoms with Crippen molar-refractivity contribution in [1.29, 1.82) is 0 Å². The van der Waals surface area contributed by atoms with E-state index in [1.54, 1.807) is 11.8 Å². The third kappa shape index (κ3) is 4.40. The summed E-state index contributed by atoms with van der Waals surface area (Å²) in [5.41, 5.74) is 1.35. The summed E-state index contributed by atoms with van der Waals surface area (Å²) in [6.07, 6.45) is -2.76. The Bertz CT molecular complexity index is 1110. The van der Waals surface area contributed by atoms with E-state index in [0.717, 1.165) is 22.9 Å². The van der Waals surface area contributed by atoms with Crippen LogP contribution in [0.1, 0.15) is 48.7 Å². The first kappa shape index (κ1) is 21.3. The molecule has 1 unspecified atom stereocenters. The Morgan fingerprint density at radius 3 is 2.68 bits per heavy atom. The number of fused-ring (bicyclic) bond motifs is 1. The summed E-state index contributed by atoms with van der Waals surface area (Å²) >= 11 is 0. The number of carbonyl (C=O) groups is 1. The first-order valence-corrected chi connectivity index (χ1v) is 10.4. The van der Waals surface area contributed by atoms with Crippen LogP contribution in [-0.2, 0) is 30.9 Å². The number of halogens is 3. The van der Waals surface area contributed by atoms with Gasteiger partial charge in [0.25, 0.3) is 0 Å². The molecule has 0 radical (unpaired) electrons. The van der Waals surface area contributed by atoms with Gasteiger partial charge < -0.3 is 9.47 Å². The van der Waals surface area contributed by atoms with Crippen LogP contribution in [0.5, 0.6) is 0 Å². The number of amides is 1. The molecule has 31 heavy (non-hydrogen) atoms. The van der Waals surface area contributed by atoms with Crippen LogP contribution in [0.2, 0.25) is 0 Å². The summed E-state index contributed by atoms with van der Waals surface area (Å²) in [7, 11) is 1.93. The number of carbonyl (C=O) groups excluding carboxylic acids is 1. The molecule has 0 aliphatic carbocycles. The van der Waals surface area contributed by atoms with Crippen LogP contribution < -0.4 is 0 Å². The lowest BCUT2D eigenvalue weighted by atomic mass is 10.1. The number of rotatable bonds is 5. The molecule has 1 amide bonds. The number of nitrogens with zero attached hydrogens (tertiary/aromatic N) is 5. The van der Waals surface area contributed by atoms with Gasteiger partial charge in [-0.15, -0.1) is 0 Å². The zero-order valence-electron chi connectivity index (χ0n) is 17.5. The summed E-state index contributed by atoms with van der Waals surface area (Å²) in [6.45, 7) is 2.59. The van der Waals surface area contributed by atoms with Crippen LogP contribution >= 0.6 is 0 Å². The molecule has 9 heteroatoms. The van der Waals surface area contributed by atoms with Crippen molar-refractivity contribution in [2.45, 2.75) is 44.7 Å². The fraction of sp³-hybridized carbons (Fsp3) is 0.455. The van der Waals surface area contributed by atoms with Crippen molar-refractivity contribution in [3.8, 4) is 0 Å². The van der Waals surface area contributed by atoms with Gasteiger partial charge >= 0.3 is 6.18 Å². The maximum Gasteiger partial charge on any atom is 0.433 e. The van der Waals surface area contributed by atoms with Crippen molar-refractivity contribution < 1.29 is 18.0 Å². The van der Waals surface area contributed by atoms with Gasteiger partial charge in [-0.05, 0) is 31.0 Å². The average molecular weight is 431 g/mol. The van der Waals surface area contributed by atoms with Crippen LogP contribution in [0.4, 0.5) is 13.2 Å². The molecule has 0 saturated carbocycles. The highest BCUT2D eigenvalue weighted by molar-refractivity contribution is 5.78. The predicted octanol–water partition coefficient (Wildman–Crippen LogP) is 3.89. The second-order valence-corrected chi connectivity index (χ2v) is 7.86. The number of alkyl halides is 3. The minimum absolute atomic E-state index is 0.0303. The molecule has 3 aromatic rings. The van der Waals surface area contributed by atoms with Crippen molar-refractivity contribution in [2.75, 3.05) is 13.1 Å². The van der Waals surface area contributed by atoms with E-state index in [9.17, 15) is 18.0 Å². The zero-order valence-corrected chi connectivity index (χ0v) is 17.5. The van der Waals surface area contributed by atoms with E-state index in [4.69, 9.17) is 0 Å². The average Bonchev–Trinajstić information content (AvgIpc) is 3.37. The summed E-state index contributed by atoms with van der Waals surface area (Å²) in [5, 5.41) is 0. The number of hydrogen-bond donors (Lipinski definition) is 0. The zero-order chi connectivity index (χ0) is 22.2. The number of benzene rings is 1. The minimum atomic E-state index is -4.51. The topological polar surface area (TPSA) is 63.9 Å². The first-order valence-electron chi connectivity index (χ1n) is 10.4. The molecule has 1 aliphatic heterocycles. The minimum Gasteiger partial charge on any atom is -0.342 e. The van der Waals surface area contributed by atoms with Crippen LogP contribution in [0.3, 0.4) is 0 Å². The van der Waals surface area contributed by atoms with Crippen molar-refractivity contribution in [1.82, 2.24) is 24.4 Å². The van der Waals surface area contributed by atoms with Gasteiger partial charge in [-0.25, -0.2) is 15.0 Å². The van der Waals surface area contributed by atoms with Crippen molar-refractivity contribution in [3.05, 3.63) is 53.4 Å². The van der Waals surface area contributed by atoms with E-state index in [0.29, 0.717) is 44.5 Å². The molecule has 2 aromatic heterocycles. The van der Waals surface area contributed by atoms with Crippen LogP contribution in [0.25, 0.3) is 11.0 Å². The Morgan fingerprint density at radius 2 is 1.97 bits per heavy atom. The Morgan fingerprint density at radius 1 is 1.19 bits per heavy atom. The van der Waals surface area contributed by atoms with E-state index in [-0.39, 0.29) is 17.6 Å². The molecule has 1 aromatic carbocycles. The molecule has 1 saturated heterocycles. The Labute approximate surface area is 178 Å². The molecular formula is C22H24F3N5O. The van der Waals surface area contributed by atoms with Gasteiger partial charge in [0.15, 0.2) is 0 Å². The third-order valence-electron chi connectivity index (χ3n) is 5.80. The highest BCUT2D eigenvalue weighted by atomic mass is 19.4. The number of aryl methyl sites for hydroxylation is 3. The lowest BCUT2D eigenvalue weighted by Gasteiger charge is -2.17. The largest absolute Gasteiger partial charge is 0.433 e. The normalized spacial score (nSPS) is 16.9. The number of hydrogen-bond acceptors (Lipinski definition) is 4. The van der Waals surface area contributed by atoms with E-state index >= 15 is 0 Å². The molecule has 6 nitrogen and oxygen atoms in total. The quantitative estimate of drug-likeness (QED) is 0.615. The molecule has 3 heterocycles. The molecule has 164 valence electrons. The fourth-order valence-electron chi connectivity index (χ4n) is 4.02. The second-order valence-electron chi connectivity index (χ2n) is 7.86. The molecule has 0 spiro atoms. The number of aromatic nitrogens is 4. The van der Waals surface area contributed by atoms with E-state index in [2.05, 4.69) is 15.0 Å². The summed E-state index contributed by atoms with van der Waals surface area (Å²) in [5.74, 6) is 0.695. The van der Waals surface area contributed by atoms with Gasteiger partial charge in [-0.2, -0.15) is 13.2 Å². The summed E-state index contributed by atoms with van der Waals surface area (Å²) in [4.78, 5) is 27.1. The summed E-state index contributed by atoms with van der Waals surface area (Å²) in [6, 6.07) is 8.79. The third-order valence-corrected chi connectivity index (χ3v) is 5.80. The molecule has 0 bridgehead atoms. The molecule has 1 atom stereocenters. The van der Waals surface area contributed by atoms with Gasteiger partial charge in [0.05, 0.1) is 11.0 Å². The number of imidazole rings is 1. The lowest BCUT2D eigenvalue weighted by molar-refractivity contribution is -0.141.